The zero-order chi connectivity index (χ0) is 12.5. The fourth-order valence-electron chi connectivity index (χ4n) is 1.07. The Bertz CT molecular complexity index is 434. The summed E-state index contributed by atoms with van der Waals surface area (Å²) < 4.78 is 13.4. The van der Waals surface area contributed by atoms with E-state index in [-0.39, 0.29) is 10.2 Å². The summed E-state index contributed by atoms with van der Waals surface area (Å²) in [5.41, 5.74) is 10.6. The summed E-state index contributed by atoms with van der Waals surface area (Å²) in [6, 6.07) is 2.64. The van der Waals surface area contributed by atoms with E-state index in [2.05, 4.69) is 21.2 Å². The number of rotatable bonds is 3. The van der Waals surface area contributed by atoms with E-state index in [9.17, 15) is 9.18 Å². The Kier molecular flexibility index (Phi) is 3.42. The van der Waals surface area contributed by atoms with Crippen LogP contribution in [0.2, 0.25) is 0 Å². The van der Waals surface area contributed by atoms with E-state index < -0.39 is 17.3 Å². The second-order valence-corrected chi connectivity index (χ2v) is 4.82. The maximum absolute atomic E-state index is 13.1. The van der Waals surface area contributed by atoms with Crippen LogP contribution in [0.25, 0.3) is 0 Å². The Morgan fingerprint density at radius 2 is 2.06 bits per heavy atom. The van der Waals surface area contributed by atoms with E-state index in [1.165, 1.54) is 12.1 Å². The van der Waals surface area contributed by atoms with Gasteiger partial charge in [-0.1, -0.05) is 0 Å². The van der Waals surface area contributed by atoms with Crippen LogP contribution in [-0.2, 0) is 4.79 Å². The van der Waals surface area contributed by atoms with Crippen LogP contribution >= 0.6 is 15.9 Å². The summed E-state index contributed by atoms with van der Waals surface area (Å²) in [6.07, 6.45) is 0. The van der Waals surface area contributed by atoms with Crippen LogP contribution in [0.5, 0.6) is 0 Å². The molecule has 0 unspecified atom stereocenters. The average molecular weight is 290 g/mol. The van der Waals surface area contributed by atoms with Gasteiger partial charge >= 0.3 is 0 Å². The van der Waals surface area contributed by atoms with Crippen LogP contribution in [0.3, 0.4) is 0 Å². The van der Waals surface area contributed by atoms with Gasteiger partial charge in [0.05, 0.1) is 15.8 Å². The lowest BCUT2D eigenvalue weighted by Gasteiger charge is -2.24. The van der Waals surface area contributed by atoms with Crippen molar-refractivity contribution >= 4 is 33.2 Å². The molecule has 0 saturated carbocycles. The number of hydrogen-bond acceptors (Lipinski definition) is 3. The highest BCUT2D eigenvalue weighted by Gasteiger charge is 2.25. The topological polar surface area (TPSA) is 81.1 Å². The molecule has 0 aliphatic carbocycles. The van der Waals surface area contributed by atoms with Crippen LogP contribution in [0.15, 0.2) is 16.6 Å². The number of amides is 1. The number of nitrogens with two attached hydrogens (primary N) is 2. The van der Waals surface area contributed by atoms with Gasteiger partial charge in [-0.15, -0.1) is 0 Å². The van der Waals surface area contributed by atoms with Gasteiger partial charge in [0, 0.05) is 6.07 Å². The molecule has 0 atom stereocenters. The van der Waals surface area contributed by atoms with Gasteiger partial charge in [-0.25, -0.2) is 4.39 Å². The van der Waals surface area contributed by atoms with Crippen molar-refractivity contribution in [2.24, 2.45) is 5.73 Å². The average Bonchev–Trinajstić information content (AvgIpc) is 2.13. The van der Waals surface area contributed by atoms with Gasteiger partial charge in [-0.3, -0.25) is 4.79 Å². The largest absolute Gasteiger partial charge is 0.397 e. The van der Waals surface area contributed by atoms with Crippen LogP contribution in [0.4, 0.5) is 15.8 Å². The molecule has 88 valence electrons. The van der Waals surface area contributed by atoms with Crippen molar-refractivity contribution in [3.05, 3.63) is 22.4 Å². The van der Waals surface area contributed by atoms with Gasteiger partial charge in [0.1, 0.15) is 11.4 Å². The molecular formula is C10H13BrFN3O. The minimum absolute atomic E-state index is 0.218. The molecule has 0 aromatic heterocycles. The molecule has 0 aliphatic rings. The van der Waals surface area contributed by atoms with Gasteiger partial charge in [-0.2, -0.15) is 0 Å². The smallest absolute Gasteiger partial charge is 0.242 e. The fourth-order valence-corrected chi connectivity index (χ4v) is 1.41. The Balaban J connectivity index is 3.07. The lowest BCUT2D eigenvalue weighted by atomic mass is 10.0. The number of halogens is 2. The summed E-state index contributed by atoms with van der Waals surface area (Å²) in [6.45, 7) is 3.23. The van der Waals surface area contributed by atoms with Crippen molar-refractivity contribution in [2.75, 3.05) is 11.1 Å². The molecule has 16 heavy (non-hydrogen) atoms. The molecule has 1 aromatic carbocycles. The van der Waals surface area contributed by atoms with E-state index in [1.54, 1.807) is 13.8 Å². The number of hydrogen-bond donors (Lipinski definition) is 3. The number of primary amides is 1. The molecular weight excluding hydrogens is 277 g/mol. The molecule has 0 aliphatic heterocycles. The van der Waals surface area contributed by atoms with Crippen molar-refractivity contribution in [3.8, 4) is 0 Å². The second kappa shape index (κ2) is 4.29. The fraction of sp³-hybridized carbons (Fsp3) is 0.300. The minimum Gasteiger partial charge on any atom is -0.397 e. The van der Waals surface area contributed by atoms with Crippen LogP contribution < -0.4 is 16.8 Å². The Labute approximate surface area is 101 Å². The number of benzene rings is 1. The minimum atomic E-state index is -0.953. The van der Waals surface area contributed by atoms with Crippen molar-refractivity contribution in [3.63, 3.8) is 0 Å². The number of nitrogen functional groups attached to an aromatic ring is 1. The molecule has 5 N–H and O–H groups in total. The number of nitrogens with one attached hydrogen (secondary N) is 1. The van der Waals surface area contributed by atoms with Crippen molar-refractivity contribution in [2.45, 2.75) is 19.4 Å². The van der Waals surface area contributed by atoms with E-state index in [4.69, 9.17) is 11.5 Å². The molecule has 1 amide bonds. The van der Waals surface area contributed by atoms with E-state index in [0.717, 1.165) is 0 Å². The normalized spacial score (nSPS) is 11.2. The first-order chi connectivity index (χ1) is 7.24. The third kappa shape index (κ3) is 2.63. The highest BCUT2D eigenvalue weighted by atomic mass is 79.9. The molecule has 0 saturated heterocycles. The molecule has 6 heteroatoms. The van der Waals surface area contributed by atoms with Crippen molar-refractivity contribution in [1.29, 1.82) is 0 Å². The van der Waals surface area contributed by atoms with Gasteiger partial charge < -0.3 is 16.8 Å². The van der Waals surface area contributed by atoms with Crippen LogP contribution in [0.1, 0.15) is 13.8 Å². The van der Waals surface area contributed by atoms with Crippen LogP contribution in [0, 0.1) is 5.82 Å². The van der Waals surface area contributed by atoms with Gasteiger partial charge in [-0.05, 0) is 35.8 Å². The highest BCUT2D eigenvalue weighted by molar-refractivity contribution is 9.10. The first kappa shape index (κ1) is 12.8. The summed E-state index contributed by atoms with van der Waals surface area (Å²) in [4.78, 5) is 11.1. The van der Waals surface area contributed by atoms with Gasteiger partial charge in [0.2, 0.25) is 5.91 Å². The number of carbonyl (C=O) groups is 1. The molecule has 0 fully saturated rings. The lowest BCUT2D eigenvalue weighted by molar-refractivity contribution is -0.121. The zero-order valence-electron chi connectivity index (χ0n) is 8.97. The molecule has 4 nitrogen and oxygen atoms in total. The second-order valence-electron chi connectivity index (χ2n) is 3.97. The molecule has 1 rings (SSSR count). The predicted octanol–water partition coefficient (Wildman–Crippen LogP) is 1.85. The highest BCUT2D eigenvalue weighted by Crippen LogP contribution is 2.28. The first-order valence-electron chi connectivity index (χ1n) is 4.56. The monoisotopic (exact) mass is 289 g/mol. The summed E-state index contributed by atoms with van der Waals surface area (Å²) in [5.74, 6) is -0.979. The van der Waals surface area contributed by atoms with E-state index >= 15 is 0 Å². The van der Waals surface area contributed by atoms with Gasteiger partial charge in [0.15, 0.2) is 0 Å². The Morgan fingerprint density at radius 1 is 1.50 bits per heavy atom. The lowest BCUT2D eigenvalue weighted by Crippen LogP contribution is -2.45. The molecule has 1 aromatic rings. The van der Waals surface area contributed by atoms with Crippen molar-refractivity contribution < 1.29 is 9.18 Å². The van der Waals surface area contributed by atoms with E-state index in [1.807, 2.05) is 0 Å². The van der Waals surface area contributed by atoms with E-state index in [0.29, 0.717) is 5.69 Å². The summed E-state index contributed by atoms with van der Waals surface area (Å²) >= 11 is 3.04. The number of anilines is 2. The number of carbonyl (C=O) groups excluding carboxylic acids is 1. The standard InChI is InChI=1S/C10H13BrFN3O/c1-10(2,9(14)16)15-8-3-5(11)6(12)4-7(8)13/h3-4,15H,13H2,1-2H3,(H2,14,16). The first-order valence-corrected chi connectivity index (χ1v) is 5.36. The molecule has 0 radical (unpaired) electrons. The third-order valence-electron chi connectivity index (χ3n) is 2.16. The maximum atomic E-state index is 13.1. The van der Waals surface area contributed by atoms with Crippen LogP contribution in [-0.4, -0.2) is 11.4 Å². The molecule has 0 heterocycles. The summed E-state index contributed by atoms with van der Waals surface area (Å²) in [7, 11) is 0. The zero-order valence-corrected chi connectivity index (χ0v) is 10.6. The Morgan fingerprint density at radius 3 is 2.56 bits per heavy atom. The Hall–Kier alpha value is -1.30. The van der Waals surface area contributed by atoms with Gasteiger partial charge in [0.25, 0.3) is 0 Å². The third-order valence-corrected chi connectivity index (χ3v) is 2.76. The molecule has 0 spiro atoms. The molecule has 0 bridgehead atoms. The quantitative estimate of drug-likeness (QED) is 0.743. The SMILES string of the molecule is CC(C)(Nc1cc(Br)c(F)cc1N)C(N)=O. The maximum Gasteiger partial charge on any atom is 0.242 e. The predicted molar refractivity (Wildman–Crippen MR) is 65.4 cm³/mol. The van der Waals surface area contributed by atoms with Crippen molar-refractivity contribution in [1.82, 2.24) is 0 Å². The summed E-state index contributed by atoms with van der Waals surface area (Å²) in [5, 5.41) is 2.86.